The molecule has 1 amide bonds. The molecule has 1 aliphatic rings. The van der Waals surface area contributed by atoms with Crippen molar-refractivity contribution in [2.45, 2.75) is 12.6 Å². The summed E-state index contributed by atoms with van der Waals surface area (Å²) in [6.07, 6.45) is -5.08. The van der Waals surface area contributed by atoms with E-state index >= 15 is 0 Å². The number of carbonyl (C=O) groups excluding carboxylic acids is 2. The van der Waals surface area contributed by atoms with Gasteiger partial charge in [-0.3, -0.25) is 4.79 Å². The van der Waals surface area contributed by atoms with Crippen LogP contribution in [0.15, 0.2) is 23.8 Å². The van der Waals surface area contributed by atoms with Gasteiger partial charge in [-0.25, -0.2) is 4.79 Å². The molecule has 0 saturated carbocycles. The van der Waals surface area contributed by atoms with Gasteiger partial charge in [0.1, 0.15) is 5.76 Å². The third-order valence-corrected chi connectivity index (χ3v) is 2.93. The first-order valence-electron chi connectivity index (χ1n) is 5.76. The van der Waals surface area contributed by atoms with Gasteiger partial charge in [0, 0.05) is 5.56 Å². The van der Waals surface area contributed by atoms with E-state index in [1.54, 1.807) is 0 Å². The number of ether oxygens (including phenoxy) is 1. The molecule has 0 bridgehead atoms. The first-order valence-corrected chi connectivity index (χ1v) is 5.76. The minimum absolute atomic E-state index is 0.0748. The maximum absolute atomic E-state index is 12.7. The first kappa shape index (κ1) is 14.9. The Labute approximate surface area is 117 Å². The van der Waals surface area contributed by atoms with Gasteiger partial charge in [0.2, 0.25) is 5.91 Å². The van der Waals surface area contributed by atoms with Crippen molar-refractivity contribution in [2.24, 2.45) is 0 Å². The summed E-state index contributed by atoms with van der Waals surface area (Å²) in [5, 5.41) is 12.2. The molecule has 0 fully saturated rings. The van der Waals surface area contributed by atoms with Crippen molar-refractivity contribution in [3.8, 4) is 0 Å². The van der Waals surface area contributed by atoms with Gasteiger partial charge in [-0.1, -0.05) is 0 Å². The molecular formula is C13H10F3NO4. The fourth-order valence-electron chi connectivity index (χ4n) is 1.92. The Morgan fingerprint density at radius 1 is 1.38 bits per heavy atom. The van der Waals surface area contributed by atoms with Crippen LogP contribution in [0.3, 0.4) is 0 Å². The second-order valence-electron chi connectivity index (χ2n) is 4.30. The highest BCUT2D eigenvalue weighted by atomic mass is 19.4. The van der Waals surface area contributed by atoms with Gasteiger partial charge >= 0.3 is 12.1 Å². The van der Waals surface area contributed by atoms with Gasteiger partial charge in [-0.05, 0) is 18.2 Å². The smallest absolute Gasteiger partial charge is 0.416 e. The minimum Gasteiger partial charge on any atom is -0.507 e. The van der Waals surface area contributed by atoms with E-state index in [-0.39, 0.29) is 16.8 Å². The summed E-state index contributed by atoms with van der Waals surface area (Å²) in [5.74, 6) is -2.22. The maximum Gasteiger partial charge on any atom is 0.416 e. The van der Waals surface area contributed by atoms with Crippen LogP contribution in [-0.2, 0) is 20.5 Å². The van der Waals surface area contributed by atoms with Crippen molar-refractivity contribution in [3.05, 3.63) is 34.9 Å². The van der Waals surface area contributed by atoms with E-state index in [1.807, 2.05) is 0 Å². The number of nitrogens with one attached hydrogen (secondary N) is 1. The number of hydrogen-bond acceptors (Lipinski definition) is 4. The largest absolute Gasteiger partial charge is 0.507 e. The molecule has 0 unspecified atom stereocenters. The molecule has 1 aliphatic heterocycles. The fraction of sp³-hybridized carbons (Fsp3) is 0.231. The van der Waals surface area contributed by atoms with Crippen molar-refractivity contribution in [1.29, 1.82) is 0 Å². The zero-order chi connectivity index (χ0) is 15.8. The number of rotatable bonds is 1. The van der Waals surface area contributed by atoms with Crippen molar-refractivity contribution in [3.63, 3.8) is 0 Å². The van der Waals surface area contributed by atoms with E-state index in [1.165, 1.54) is 0 Å². The number of carbonyl (C=O) groups is 2. The highest BCUT2D eigenvalue weighted by Crippen LogP contribution is 2.36. The number of hydrogen-bond donors (Lipinski definition) is 2. The van der Waals surface area contributed by atoms with Crippen LogP contribution >= 0.6 is 0 Å². The first-order chi connectivity index (χ1) is 9.74. The van der Waals surface area contributed by atoms with E-state index in [4.69, 9.17) is 0 Å². The van der Waals surface area contributed by atoms with Crippen LogP contribution in [0.25, 0.3) is 5.76 Å². The van der Waals surface area contributed by atoms with Crippen LogP contribution in [0.5, 0.6) is 0 Å². The van der Waals surface area contributed by atoms with Crippen LogP contribution in [0.2, 0.25) is 0 Å². The van der Waals surface area contributed by atoms with Crippen LogP contribution < -0.4 is 5.32 Å². The molecule has 1 aromatic rings. The molecule has 8 heteroatoms. The predicted molar refractivity (Wildman–Crippen MR) is 66.3 cm³/mol. The summed E-state index contributed by atoms with van der Waals surface area (Å²) < 4.78 is 42.4. The van der Waals surface area contributed by atoms with E-state index in [0.29, 0.717) is 6.07 Å². The Bertz CT molecular complexity index is 649. The predicted octanol–water partition coefficient (Wildman–Crippen LogP) is 2.49. The van der Waals surface area contributed by atoms with Gasteiger partial charge < -0.3 is 15.2 Å². The Balaban J connectivity index is 2.60. The monoisotopic (exact) mass is 301 g/mol. The molecule has 2 N–H and O–H groups in total. The second-order valence-corrected chi connectivity index (χ2v) is 4.30. The lowest BCUT2D eigenvalue weighted by atomic mass is 10.0. The average Bonchev–Trinajstić information content (AvgIpc) is 2.53. The molecule has 112 valence electrons. The summed E-state index contributed by atoms with van der Waals surface area (Å²) in [6, 6.07) is 2.44. The van der Waals surface area contributed by atoms with Crippen molar-refractivity contribution < 1.29 is 32.6 Å². The number of anilines is 1. The van der Waals surface area contributed by atoms with Crippen molar-refractivity contribution in [1.82, 2.24) is 0 Å². The summed E-state index contributed by atoms with van der Waals surface area (Å²) in [5.41, 5.74) is -1.58. The highest BCUT2D eigenvalue weighted by Gasteiger charge is 2.33. The lowest BCUT2D eigenvalue weighted by Crippen LogP contribution is -2.15. The quantitative estimate of drug-likeness (QED) is 0.781. The Morgan fingerprint density at radius 3 is 2.62 bits per heavy atom. The topological polar surface area (TPSA) is 75.6 Å². The normalized spacial score (nSPS) is 15.1. The number of fused-ring (bicyclic) bond motifs is 1. The SMILES string of the molecule is COC(=O)C1=C(O)c2ccc(C(F)(F)F)cc2NC(=O)C1. The minimum atomic E-state index is -4.59. The van der Waals surface area contributed by atoms with E-state index in [2.05, 4.69) is 10.1 Å². The molecule has 0 radical (unpaired) electrons. The molecule has 0 saturated heterocycles. The lowest BCUT2D eigenvalue weighted by molar-refractivity contribution is -0.138. The highest BCUT2D eigenvalue weighted by molar-refractivity contribution is 6.08. The zero-order valence-electron chi connectivity index (χ0n) is 10.7. The van der Waals surface area contributed by atoms with Gasteiger partial charge in [-0.15, -0.1) is 0 Å². The number of methoxy groups -OCH3 is 1. The molecule has 1 aromatic carbocycles. The third-order valence-electron chi connectivity index (χ3n) is 2.93. The van der Waals surface area contributed by atoms with Gasteiger partial charge in [-0.2, -0.15) is 13.2 Å². The Morgan fingerprint density at radius 2 is 2.05 bits per heavy atom. The summed E-state index contributed by atoms with van der Waals surface area (Å²) in [6.45, 7) is 0. The number of esters is 1. The number of aliphatic hydroxyl groups is 1. The summed E-state index contributed by atoms with van der Waals surface area (Å²) in [4.78, 5) is 23.1. The van der Waals surface area contributed by atoms with E-state index < -0.39 is 35.8 Å². The molecule has 1 heterocycles. The van der Waals surface area contributed by atoms with E-state index in [9.17, 15) is 27.9 Å². The Hall–Kier alpha value is -2.51. The van der Waals surface area contributed by atoms with Gasteiger partial charge in [0.05, 0.1) is 30.4 Å². The molecule has 0 aromatic heterocycles. The zero-order valence-corrected chi connectivity index (χ0v) is 10.7. The standard InChI is InChI=1S/C13H10F3NO4/c1-21-12(20)8-5-10(18)17-9-4-6(13(14,15)16)2-3-7(9)11(8)19/h2-4,19H,5H2,1H3,(H,17,18). The van der Waals surface area contributed by atoms with Crippen molar-refractivity contribution >= 4 is 23.3 Å². The Kier molecular flexibility index (Phi) is 3.63. The molecule has 0 atom stereocenters. The van der Waals surface area contributed by atoms with Crippen LogP contribution in [0, 0.1) is 0 Å². The molecule has 21 heavy (non-hydrogen) atoms. The second kappa shape index (κ2) is 5.12. The summed E-state index contributed by atoms with van der Waals surface area (Å²) in [7, 11) is 1.07. The maximum atomic E-state index is 12.7. The molecule has 2 rings (SSSR count). The summed E-state index contributed by atoms with van der Waals surface area (Å²) >= 11 is 0. The number of halogens is 3. The van der Waals surface area contributed by atoms with Crippen LogP contribution in [-0.4, -0.2) is 24.1 Å². The van der Waals surface area contributed by atoms with Gasteiger partial charge in [0.25, 0.3) is 0 Å². The van der Waals surface area contributed by atoms with Gasteiger partial charge in [0.15, 0.2) is 0 Å². The van der Waals surface area contributed by atoms with Crippen molar-refractivity contribution in [2.75, 3.05) is 12.4 Å². The molecule has 5 nitrogen and oxygen atoms in total. The number of alkyl halides is 3. The average molecular weight is 301 g/mol. The number of aliphatic hydroxyl groups excluding tert-OH is 1. The molecule has 0 spiro atoms. The number of benzene rings is 1. The molecule has 0 aliphatic carbocycles. The van der Waals surface area contributed by atoms with E-state index in [0.717, 1.165) is 19.2 Å². The third kappa shape index (κ3) is 2.83. The fourth-order valence-corrected chi connectivity index (χ4v) is 1.92. The van der Waals surface area contributed by atoms with Crippen LogP contribution in [0.1, 0.15) is 17.5 Å². The number of amides is 1. The molecular weight excluding hydrogens is 291 g/mol. The van der Waals surface area contributed by atoms with Crippen LogP contribution in [0.4, 0.5) is 18.9 Å². The lowest BCUT2D eigenvalue weighted by Gasteiger charge is -2.12.